The van der Waals surface area contributed by atoms with E-state index < -0.39 is 12.1 Å². The number of fused-ring (bicyclic) bond motifs is 1. The highest BCUT2D eigenvalue weighted by Gasteiger charge is 2.24. The molecule has 3 aromatic carbocycles. The van der Waals surface area contributed by atoms with Crippen molar-refractivity contribution in [2.75, 3.05) is 10.6 Å². The van der Waals surface area contributed by atoms with Crippen LogP contribution in [0.1, 0.15) is 17.5 Å². The summed E-state index contributed by atoms with van der Waals surface area (Å²) in [4.78, 5) is 24.8. The number of nitrogens with one attached hydrogen (secondary N) is 3. The van der Waals surface area contributed by atoms with Crippen LogP contribution >= 0.6 is 0 Å². The second-order valence-electron chi connectivity index (χ2n) is 7.13. The van der Waals surface area contributed by atoms with Crippen LogP contribution in [0.4, 0.5) is 16.2 Å². The predicted octanol–water partition coefficient (Wildman–Crippen LogP) is 4.34. The summed E-state index contributed by atoms with van der Waals surface area (Å²) in [6.45, 7) is 0.479. The molecular formula is C24H23N3O3. The summed E-state index contributed by atoms with van der Waals surface area (Å²) >= 11 is 0. The fourth-order valence-electron chi connectivity index (χ4n) is 3.35. The molecule has 6 heteroatoms. The third kappa shape index (κ3) is 4.97. The molecule has 0 spiro atoms. The lowest BCUT2D eigenvalue weighted by Gasteiger charge is -2.16. The number of para-hydroxylation sites is 1. The van der Waals surface area contributed by atoms with Crippen molar-refractivity contribution >= 4 is 23.3 Å². The number of amides is 3. The van der Waals surface area contributed by atoms with E-state index in [4.69, 9.17) is 4.74 Å². The van der Waals surface area contributed by atoms with E-state index in [2.05, 4.69) is 16.0 Å². The molecular weight excluding hydrogens is 378 g/mol. The first-order valence-electron chi connectivity index (χ1n) is 9.90. The fourth-order valence-corrected chi connectivity index (χ4v) is 3.35. The van der Waals surface area contributed by atoms with Gasteiger partial charge < -0.3 is 20.7 Å². The monoisotopic (exact) mass is 401 g/mol. The Kier molecular flexibility index (Phi) is 5.94. The van der Waals surface area contributed by atoms with Crippen LogP contribution in [0.2, 0.25) is 0 Å². The van der Waals surface area contributed by atoms with Gasteiger partial charge in [-0.05, 0) is 54.3 Å². The molecule has 0 aromatic heterocycles. The number of benzene rings is 3. The number of aryl methyl sites for hydroxylation is 1. The Morgan fingerprint density at radius 2 is 1.70 bits per heavy atom. The molecule has 0 saturated heterocycles. The number of hydrogen-bond acceptors (Lipinski definition) is 3. The van der Waals surface area contributed by atoms with Crippen LogP contribution < -0.4 is 20.7 Å². The standard InChI is InChI=1S/C24H23N3O3/c28-23-22(15-10-18-8-4-5-9-21(18)26-23)27-24(29)25-19-11-13-20(14-12-19)30-16-17-6-2-1-3-7-17/h1-9,11-14,22H,10,15-16H2,(H,26,28)(H2,25,27,29). The second-order valence-corrected chi connectivity index (χ2v) is 7.13. The minimum absolute atomic E-state index is 0.209. The van der Waals surface area contributed by atoms with E-state index in [9.17, 15) is 9.59 Å². The van der Waals surface area contributed by atoms with Crippen molar-refractivity contribution in [1.82, 2.24) is 5.32 Å². The normalized spacial score (nSPS) is 15.3. The number of rotatable bonds is 5. The molecule has 1 atom stereocenters. The first kappa shape index (κ1) is 19.5. The van der Waals surface area contributed by atoms with Gasteiger partial charge >= 0.3 is 6.03 Å². The lowest BCUT2D eigenvalue weighted by molar-refractivity contribution is -0.117. The average Bonchev–Trinajstić information content (AvgIpc) is 2.92. The lowest BCUT2D eigenvalue weighted by atomic mass is 10.1. The van der Waals surface area contributed by atoms with E-state index >= 15 is 0 Å². The predicted molar refractivity (Wildman–Crippen MR) is 117 cm³/mol. The Hall–Kier alpha value is -3.80. The highest BCUT2D eigenvalue weighted by Crippen LogP contribution is 2.22. The summed E-state index contributed by atoms with van der Waals surface area (Å²) in [6, 6.07) is 23.7. The number of hydrogen-bond donors (Lipinski definition) is 3. The van der Waals surface area contributed by atoms with Gasteiger partial charge in [0.05, 0.1) is 0 Å². The Morgan fingerprint density at radius 1 is 0.967 bits per heavy atom. The van der Waals surface area contributed by atoms with Crippen molar-refractivity contribution in [3.63, 3.8) is 0 Å². The summed E-state index contributed by atoms with van der Waals surface area (Å²) in [5, 5.41) is 8.41. The van der Waals surface area contributed by atoms with Crippen molar-refractivity contribution in [2.45, 2.75) is 25.5 Å². The largest absolute Gasteiger partial charge is 0.489 e. The van der Waals surface area contributed by atoms with E-state index in [1.807, 2.05) is 54.6 Å². The summed E-state index contributed by atoms with van der Waals surface area (Å²) in [5.41, 5.74) is 3.58. The van der Waals surface area contributed by atoms with Gasteiger partial charge in [-0.25, -0.2) is 4.79 Å². The van der Waals surface area contributed by atoms with Gasteiger partial charge in [0.15, 0.2) is 0 Å². The van der Waals surface area contributed by atoms with Crippen molar-refractivity contribution in [3.8, 4) is 5.75 Å². The van der Waals surface area contributed by atoms with Gasteiger partial charge in [0, 0.05) is 11.4 Å². The molecule has 3 aromatic rings. The molecule has 3 N–H and O–H groups in total. The minimum Gasteiger partial charge on any atom is -0.489 e. The van der Waals surface area contributed by atoms with E-state index in [1.54, 1.807) is 24.3 Å². The number of carbonyl (C=O) groups excluding carboxylic acids is 2. The van der Waals surface area contributed by atoms with Crippen LogP contribution in [0.3, 0.4) is 0 Å². The highest BCUT2D eigenvalue weighted by atomic mass is 16.5. The molecule has 0 fully saturated rings. The van der Waals surface area contributed by atoms with Crippen molar-refractivity contribution < 1.29 is 14.3 Å². The molecule has 6 nitrogen and oxygen atoms in total. The van der Waals surface area contributed by atoms with E-state index in [0.717, 1.165) is 16.8 Å². The number of urea groups is 1. The lowest BCUT2D eigenvalue weighted by Crippen LogP contribution is -2.45. The molecule has 3 amide bonds. The zero-order chi connectivity index (χ0) is 20.8. The molecule has 152 valence electrons. The highest BCUT2D eigenvalue weighted by molar-refractivity contribution is 6.00. The van der Waals surface area contributed by atoms with Gasteiger partial charge in [-0.15, -0.1) is 0 Å². The van der Waals surface area contributed by atoms with Crippen LogP contribution in [-0.4, -0.2) is 18.0 Å². The van der Waals surface area contributed by atoms with E-state index in [-0.39, 0.29) is 5.91 Å². The molecule has 1 heterocycles. The Labute approximate surface area is 175 Å². The van der Waals surface area contributed by atoms with E-state index in [1.165, 1.54) is 0 Å². The first-order chi connectivity index (χ1) is 14.7. The maximum Gasteiger partial charge on any atom is 0.319 e. The van der Waals surface area contributed by atoms with Gasteiger partial charge in [0.25, 0.3) is 0 Å². The minimum atomic E-state index is -0.592. The molecule has 1 aliphatic heterocycles. The number of ether oxygens (including phenoxy) is 1. The molecule has 1 aliphatic rings. The van der Waals surface area contributed by atoms with Gasteiger partial charge in [-0.3, -0.25) is 4.79 Å². The summed E-state index contributed by atoms with van der Waals surface area (Å²) < 4.78 is 5.75. The first-order valence-corrected chi connectivity index (χ1v) is 9.90. The average molecular weight is 401 g/mol. The van der Waals surface area contributed by atoms with Crippen molar-refractivity contribution in [1.29, 1.82) is 0 Å². The molecule has 4 rings (SSSR count). The quantitative estimate of drug-likeness (QED) is 0.595. The topological polar surface area (TPSA) is 79.5 Å². The molecule has 0 saturated carbocycles. The molecule has 0 radical (unpaired) electrons. The Balaban J connectivity index is 1.29. The van der Waals surface area contributed by atoms with Gasteiger partial charge in [-0.2, -0.15) is 0 Å². The molecule has 0 aliphatic carbocycles. The summed E-state index contributed by atoms with van der Waals surface area (Å²) in [5.74, 6) is 0.505. The van der Waals surface area contributed by atoms with Crippen LogP contribution in [-0.2, 0) is 17.8 Å². The molecule has 0 bridgehead atoms. The van der Waals surface area contributed by atoms with Crippen molar-refractivity contribution in [3.05, 3.63) is 90.0 Å². The maximum absolute atomic E-state index is 12.4. The summed E-state index contributed by atoms with van der Waals surface area (Å²) in [7, 11) is 0. The molecule has 1 unspecified atom stereocenters. The van der Waals surface area contributed by atoms with Crippen LogP contribution in [0, 0.1) is 0 Å². The van der Waals surface area contributed by atoms with Crippen LogP contribution in [0.25, 0.3) is 0 Å². The number of carbonyl (C=O) groups is 2. The third-order valence-electron chi connectivity index (χ3n) is 4.96. The Bertz CT molecular complexity index is 1020. The second kappa shape index (κ2) is 9.13. The Morgan fingerprint density at radius 3 is 2.50 bits per heavy atom. The maximum atomic E-state index is 12.4. The van der Waals surface area contributed by atoms with Gasteiger partial charge in [0.2, 0.25) is 5.91 Å². The molecule has 30 heavy (non-hydrogen) atoms. The third-order valence-corrected chi connectivity index (χ3v) is 4.96. The zero-order valence-corrected chi connectivity index (χ0v) is 16.4. The van der Waals surface area contributed by atoms with E-state index in [0.29, 0.717) is 30.9 Å². The smallest absolute Gasteiger partial charge is 0.319 e. The van der Waals surface area contributed by atoms with Gasteiger partial charge in [0.1, 0.15) is 18.4 Å². The number of anilines is 2. The summed E-state index contributed by atoms with van der Waals surface area (Å²) in [6.07, 6.45) is 1.26. The SMILES string of the molecule is O=C(Nc1ccc(OCc2ccccc2)cc1)NC1CCc2ccccc2NC1=O. The van der Waals surface area contributed by atoms with Crippen LogP contribution in [0.5, 0.6) is 5.75 Å². The fraction of sp³-hybridized carbons (Fsp3) is 0.167. The van der Waals surface area contributed by atoms with Gasteiger partial charge in [-0.1, -0.05) is 48.5 Å². The zero-order valence-electron chi connectivity index (χ0n) is 16.4. The van der Waals surface area contributed by atoms with Crippen molar-refractivity contribution in [2.24, 2.45) is 0 Å². The van der Waals surface area contributed by atoms with Crippen LogP contribution in [0.15, 0.2) is 78.9 Å².